The highest BCUT2D eigenvalue weighted by atomic mass is 16.4. The first-order valence-electron chi connectivity index (χ1n) is 5.78. The fourth-order valence-electron chi connectivity index (χ4n) is 1.29. The minimum absolute atomic E-state index is 0.618. The van der Waals surface area contributed by atoms with Crippen LogP contribution >= 0.6 is 0 Å². The van der Waals surface area contributed by atoms with Crippen molar-refractivity contribution in [2.75, 3.05) is 13.1 Å². The van der Waals surface area contributed by atoms with Crippen molar-refractivity contribution in [2.24, 2.45) is 5.92 Å². The number of aromatic nitrogens is 2. The lowest BCUT2D eigenvalue weighted by Gasteiger charge is -2.02. The van der Waals surface area contributed by atoms with Gasteiger partial charge in [-0.05, 0) is 12.5 Å². The van der Waals surface area contributed by atoms with E-state index in [2.05, 4.69) is 36.3 Å². The summed E-state index contributed by atoms with van der Waals surface area (Å²) in [7, 11) is 0. The third kappa shape index (κ3) is 4.42. The van der Waals surface area contributed by atoms with E-state index in [0.29, 0.717) is 5.92 Å². The molecule has 4 heteroatoms. The van der Waals surface area contributed by atoms with Gasteiger partial charge in [0.15, 0.2) is 0 Å². The van der Waals surface area contributed by atoms with Crippen LogP contribution in [0.4, 0.5) is 0 Å². The van der Waals surface area contributed by atoms with Crippen LogP contribution in [0.3, 0.4) is 0 Å². The highest BCUT2D eigenvalue weighted by Crippen LogP contribution is 2.10. The minimum Gasteiger partial charge on any atom is -0.425 e. The molecule has 1 atom stereocenters. The molecule has 1 unspecified atom stereocenters. The summed E-state index contributed by atoms with van der Waals surface area (Å²) in [6.07, 6.45) is 2.86. The maximum atomic E-state index is 5.54. The average molecular weight is 211 g/mol. The van der Waals surface area contributed by atoms with Crippen molar-refractivity contribution < 1.29 is 4.42 Å². The van der Waals surface area contributed by atoms with Gasteiger partial charge in [-0.1, -0.05) is 27.2 Å². The number of hydrogen-bond donors (Lipinski definition) is 1. The van der Waals surface area contributed by atoms with Gasteiger partial charge in [0.05, 0.1) is 0 Å². The van der Waals surface area contributed by atoms with Crippen molar-refractivity contribution in [1.82, 2.24) is 15.5 Å². The molecule has 15 heavy (non-hydrogen) atoms. The van der Waals surface area contributed by atoms with E-state index in [1.54, 1.807) is 0 Å². The molecule has 1 heterocycles. The number of rotatable bonds is 7. The fraction of sp³-hybridized carbons (Fsp3) is 0.818. The quantitative estimate of drug-likeness (QED) is 0.699. The summed E-state index contributed by atoms with van der Waals surface area (Å²) in [5, 5.41) is 11.3. The van der Waals surface area contributed by atoms with Crippen molar-refractivity contribution in [2.45, 2.75) is 40.0 Å². The molecule has 86 valence electrons. The Morgan fingerprint density at radius 1 is 1.27 bits per heavy atom. The first-order chi connectivity index (χ1) is 7.26. The Hall–Kier alpha value is -0.900. The van der Waals surface area contributed by atoms with Crippen LogP contribution < -0.4 is 5.32 Å². The van der Waals surface area contributed by atoms with Crippen molar-refractivity contribution in [3.8, 4) is 0 Å². The summed E-state index contributed by atoms with van der Waals surface area (Å²) >= 11 is 0. The minimum atomic E-state index is 0.618. The highest BCUT2D eigenvalue weighted by molar-refractivity contribution is 4.84. The maximum Gasteiger partial charge on any atom is 0.217 e. The molecule has 1 N–H and O–H groups in total. The first kappa shape index (κ1) is 12.2. The van der Waals surface area contributed by atoms with Crippen molar-refractivity contribution >= 4 is 0 Å². The van der Waals surface area contributed by atoms with Crippen LogP contribution in [0, 0.1) is 5.92 Å². The first-order valence-corrected chi connectivity index (χ1v) is 5.78. The molecule has 0 amide bonds. The van der Waals surface area contributed by atoms with E-state index in [4.69, 9.17) is 4.42 Å². The van der Waals surface area contributed by atoms with Gasteiger partial charge in [0.1, 0.15) is 0 Å². The summed E-state index contributed by atoms with van der Waals surface area (Å²) in [5.41, 5.74) is 0. The molecule has 1 rings (SSSR count). The van der Waals surface area contributed by atoms with E-state index >= 15 is 0 Å². The summed E-state index contributed by atoms with van der Waals surface area (Å²) < 4.78 is 5.54. The Morgan fingerprint density at radius 2 is 2.00 bits per heavy atom. The summed E-state index contributed by atoms with van der Waals surface area (Å²) in [5.74, 6) is 2.14. The zero-order valence-electron chi connectivity index (χ0n) is 9.92. The molecule has 0 aliphatic rings. The maximum absolute atomic E-state index is 5.54. The Morgan fingerprint density at radius 3 is 2.67 bits per heavy atom. The number of likely N-dealkylation sites (N-methyl/N-ethyl adjacent to an activating group) is 1. The van der Waals surface area contributed by atoms with Gasteiger partial charge in [0.2, 0.25) is 11.8 Å². The lowest BCUT2D eigenvalue weighted by atomic mass is 10.1. The van der Waals surface area contributed by atoms with Crippen LogP contribution in [0.15, 0.2) is 4.42 Å². The lowest BCUT2D eigenvalue weighted by Crippen LogP contribution is -2.16. The molecular weight excluding hydrogens is 190 g/mol. The Kier molecular flexibility index (Phi) is 5.32. The van der Waals surface area contributed by atoms with Crippen LogP contribution in [0.5, 0.6) is 0 Å². The normalized spacial score (nSPS) is 13.0. The van der Waals surface area contributed by atoms with E-state index in [1.807, 2.05) is 0 Å². The van der Waals surface area contributed by atoms with Gasteiger partial charge in [0.25, 0.3) is 0 Å². The van der Waals surface area contributed by atoms with Crippen LogP contribution in [-0.4, -0.2) is 23.3 Å². The number of nitrogens with one attached hydrogen (secondary N) is 1. The van der Waals surface area contributed by atoms with Crippen molar-refractivity contribution in [1.29, 1.82) is 0 Å². The molecule has 0 aliphatic heterocycles. The van der Waals surface area contributed by atoms with E-state index in [-0.39, 0.29) is 0 Å². The molecule has 0 spiro atoms. The Labute approximate surface area is 91.5 Å². The zero-order valence-corrected chi connectivity index (χ0v) is 9.92. The predicted octanol–water partition coefficient (Wildman–Crippen LogP) is 1.81. The molecule has 0 saturated heterocycles. The molecule has 0 fully saturated rings. The lowest BCUT2D eigenvalue weighted by molar-refractivity contribution is 0.409. The molecule has 0 aliphatic carbocycles. The molecule has 0 bridgehead atoms. The highest BCUT2D eigenvalue weighted by Gasteiger charge is 2.08. The molecule has 0 radical (unpaired) electrons. The summed E-state index contributed by atoms with van der Waals surface area (Å²) in [6.45, 7) is 8.34. The van der Waals surface area contributed by atoms with Gasteiger partial charge in [0, 0.05) is 19.4 Å². The smallest absolute Gasteiger partial charge is 0.217 e. The zero-order chi connectivity index (χ0) is 11.1. The van der Waals surface area contributed by atoms with Gasteiger partial charge in [-0.15, -0.1) is 10.2 Å². The van der Waals surface area contributed by atoms with Crippen LogP contribution in [0.1, 0.15) is 39.0 Å². The molecule has 0 saturated carbocycles. The topological polar surface area (TPSA) is 51.0 Å². The Bertz CT molecular complexity index is 273. The van der Waals surface area contributed by atoms with Gasteiger partial charge in [-0.2, -0.15) is 0 Å². The van der Waals surface area contributed by atoms with Gasteiger partial charge in [-0.25, -0.2) is 0 Å². The van der Waals surface area contributed by atoms with Crippen LogP contribution in [-0.2, 0) is 12.8 Å². The van der Waals surface area contributed by atoms with Gasteiger partial charge >= 0.3 is 0 Å². The molecule has 1 aromatic rings. The van der Waals surface area contributed by atoms with E-state index in [0.717, 1.165) is 44.1 Å². The molecule has 4 nitrogen and oxygen atoms in total. The van der Waals surface area contributed by atoms with Gasteiger partial charge < -0.3 is 9.73 Å². The predicted molar refractivity (Wildman–Crippen MR) is 59.7 cm³/mol. The van der Waals surface area contributed by atoms with Crippen LogP contribution in [0.25, 0.3) is 0 Å². The van der Waals surface area contributed by atoms with Crippen molar-refractivity contribution in [3.05, 3.63) is 11.8 Å². The monoisotopic (exact) mass is 211 g/mol. The number of nitrogens with zero attached hydrogens (tertiary/aromatic N) is 2. The number of hydrogen-bond acceptors (Lipinski definition) is 4. The van der Waals surface area contributed by atoms with E-state index in [9.17, 15) is 0 Å². The standard InChI is InChI=1S/C11H21N3O/c1-4-9(3)8-11-14-13-10(15-11)6-7-12-5-2/h9,12H,4-8H2,1-3H3. The molecule has 1 aromatic heterocycles. The third-order valence-corrected chi connectivity index (χ3v) is 2.49. The second kappa shape index (κ2) is 6.56. The molecule has 0 aromatic carbocycles. The van der Waals surface area contributed by atoms with Crippen LogP contribution in [0.2, 0.25) is 0 Å². The van der Waals surface area contributed by atoms with Crippen molar-refractivity contribution in [3.63, 3.8) is 0 Å². The average Bonchev–Trinajstić information content (AvgIpc) is 2.66. The summed E-state index contributed by atoms with van der Waals surface area (Å²) in [6, 6.07) is 0. The SMILES string of the molecule is CCNCCc1nnc(CC(C)CC)o1. The second-order valence-corrected chi connectivity index (χ2v) is 3.91. The largest absolute Gasteiger partial charge is 0.425 e. The summed E-state index contributed by atoms with van der Waals surface area (Å²) in [4.78, 5) is 0. The molecular formula is C11H21N3O. The van der Waals surface area contributed by atoms with Gasteiger partial charge in [-0.3, -0.25) is 0 Å². The second-order valence-electron chi connectivity index (χ2n) is 3.91. The van der Waals surface area contributed by atoms with E-state index < -0.39 is 0 Å². The van der Waals surface area contributed by atoms with E-state index in [1.165, 1.54) is 0 Å². The Balaban J connectivity index is 2.35. The third-order valence-electron chi connectivity index (χ3n) is 2.49. The fourth-order valence-corrected chi connectivity index (χ4v) is 1.29.